The maximum Gasteiger partial charge on any atom is 0.234 e. The van der Waals surface area contributed by atoms with E-state index >= 15 is 0 Å². The lowest BCUT2D eigenvalue weighted by atomic mass is 10.3. The Balaban J connectivity index is 1.69. The zero-order chi connectivity index (χ0) is 18.7. The number of thioether (sulfide) groups is 1. The number of halogens is 3. The number of carbonyl (C=O) groups is 1. The molecule has 1 heterocycles. The molecule has 1 N–H and O–H groups in total. The van der Waals surface area contributed by atoms with Crippen molar-refractivity contribution in [1.82, 2.24) is 14.8 Å². The van der Waals surface area contributed by atoms with Gasteiger partial charge in [-0.2, -0.15) is 0 Å². The van der Waals surface area contributed by atoms with Crippen LogP contribution >= 0.6 is 35.0 Å². The number of anilines is 1. The summed E-state index contributed by atoms with van der Waals surface area (Å²) < 4.78 is 14.9. The summed E-state index contributed by atoms with van der Waals surface area (Å²) in [5.41, 5.74) is 1.28. The fourth-order valence-electron chi connectivity index (χ4n) is 2.22. The Bertz CT molecular complexity index is 946. The Kier molecular flexibility index (Phi) is 5.80. The smallest absolute Gasteiger partial charge is 0.234 e. The Hall–Kier alpha value is -2.09. The fourth-order valence-corrected chi connectivity index (χ4v) is 3.32. The second kappa shape index (κ2) is 8.07. The minimum Gasteiger partial charge on any atom is -0.325 e. The summed E-state index contributed by atoms with van der Waals surface area (Å²) in [4.78, 5) is 12.2. The van der Waals surface area contributed by atoms with Gasteiger partial charge in [-0.05, 0) is 49.4 Å². The van der Waals surface area contributed by atoms with Gasteiger partial charge in [0.1, 0.15) is 11.6 Å². The molecule has 0 spiro atoms. The number of hydrogen-bond acceptors (Lipinski definition) is 4. The molecule has 0 fully saturated rings. The number of amides is 1. The van der Waals surface area contributed by atoms with Crippen molar-refractivity contribution in [2.24, 2.45) is 0 Å². The number of hydrogen-bond donors (Lipinski definition) is 1. The van der Waals surface area contributed by atoms with Gasteiger partial charge in [-0.1, -0.05) is 35.0 Å². The van der Waals surface area contributed by atoms with E-state index in [0.29, 0.717) is 26.7 Å². The van der Waals surface area contributed by atoms with E-state index in [4.69, 9.17) is 23.2 Å². The van der Waals surface area contributed by atoms with Crippen LogP contribution < -0.4 is 5.32 Å². The number of carbonyl (C=O) groups excluding carboxylic acids is 1. The third-order valence-corrected chi connectivity index (χ3v) is 5.08. The van der Waals surface area contributed by atoms with Gasteiger partial charge in [0.15, 0.2) is 5.16 Å². The molecule has 0 aliphatic rings. The lowest BCUT2D eigenvalue weighted by molar-refractivity contribution is -0.113. The molecule has 0 aliphatic heterocycles. The van der Waals surface area contributed by atoms with Crippen molar-refractivity contribution in [1.29, 1.82) is 0 Å². The molecule has 0 saturated heterocycles. The van der Waals surface area contributed by atoms with Crippen molar-refractivity contribution >= 4 is 46.6 Å². The summed E-state index contributed by atoms with van der Waals surface area (Å²) in [5.74, 6) is 0.220. The van der Waals surface area contributed by atoms with Crippen molar-refractivity contribution in [3.05, 3.63) is 64.2 Å². The Labute approximate surface area is 163 Å². The van der Waals surface area contributed by atoms with Crippen LogP contribution in [0.1, 0.15) is 5.82 Å². The van der Waals surface area contributed by atoms with Gasteiger partial charge >= 0.3 is 0 Å². The lowest BCUT2D eigenvalue weighted by Crippen LogP contribution is -2.14. The second-order valence-corrected chi connectivity index (χ2v) is 7.06. The highest BCUT2D eigenvalue weighted by Crippen LogP contribution is 2.26. The monoisotopic (exact) mass is 410 g/mol. The Morgan fingerprint density at radius 3 is 2.58 bits per heavy atom. The van der Waals surface area contributed by atoms with E-state index in [2.05, 4.69) is 15.5 Å². The second-order valence-electron chi connectivity index (χ2n) is 5.31. The molecule has 0 bridgehead atoms. The molecule has 0 radical (unpaired) electrons. The molecule has 1 aromatic heterocycles. The van der Waals surface area contributed by atoms with Crippen LogP contribution in [0.4, 0.5) is 10.1 Å². The lowest BCUT2D eigenvalue weighted by Gasteiger charge is -2.09. The molecule has 2 aromatic carbocycles. The molecule has 3 aromatic rings. The molecular formula is C17H13Cl2FN4OS. The van der Waals surface area contributed by atoms with Gasteiger partial charge in [-0.25, -0.2) is 4.39 Å². The van der Waals surface area contributed by atoms with Crippen LogP contribution in [0, 0.1) is 12.7 Å². The van der Waals surface area contributed by atoms with Crippen molar-refractivity contribution < 1.29 is 9.18 Å². The third kappa shape index (κ3) is 4.35. The van der Waals surface area contributed by atoms with Crippen LogP contribution in [0.3, 0.4) is 0 Å². The molecule has 26 heavy (non-hydrogen) atoms. The number of aryl methyl sites for hydroxylation is 1. The summed E-state index contributed by atoms with van der Waals surface area (Å²) in [5, 5.41) is 12.2. The first-order chi connectivity index (χ1) is 12.4. The first-order valence-corrected chi connectivity index (χ1v) is 9.24. The third-order valence-electron chi connectivity index (χ3n) is 3.42. The largest absolute Gasteiger partial charge is 0.325 e. The van der Waals surface area contributed by atoms with Crippen molar-refractivity contribution in [3.8, 4) is 5.69 Å². The first kappa shape index (κ1) is 18.7. The van der Waals surface area contributed by atoms with Crippen LogP contribution in [-0.2, 0) is 4.79 Å². The van der Waals surface area contributed by atoms with E-state index in [1.54, 1.807) is 41.8 Å². The van der Waals surface area contributed by atoms with Crippen LogP contribution in [0.15, 0.2) is 47.6 Å². The van der Waals surface area contributed by atoms with E-state index < -0.39 is 0 Å². The predicted molar refractivity (Wildman–Crippen MR) is 102 cm³/mol. The minimum atomic E-state index is -0.324. The molecule has 0 saturated carbocycles. The summed E-state index contributed by atoms with van der Waals surface area (Å²) in [7, 11) is 0. The molecule has 1 amide bonds. The zero-order valence-electron chi connectivity index (χ0n) is 13.5. The van der Waals surface area contributed by atoms with Crippen molar-refractivity contribution in [2.75, 3.05) is 11.1 Å². The first-order valence-electron chi connectivity index (χ1n) is 7.49. The summed E-state index contributed by atoms with van der Waals surface area (Å²) in [6.45, 7) is 1.79. The van der Waals surface area contributed by atoms with E-state index in [1.807, 2.05) is 0 Å². The van der Waals surface area contributed by atoms with Crippen LogP contribution in [0.25, 0.3) is 5.69 Å². The fraction of sp³-hybridized carbons (Fsp3) is 0.118. The average Bonchev–Trinajstić information content (AvgIpc) is 2.98. The summed E-state index contributed by atoms with van der Waals surface area (Å²) >= 11 is 13.0. The Morgan fingerprint density at radius 1 is 1.15 bits per heavy atom. The normalized spacial score (nSPS) is 10.8. The van der Waals surface area contributed by atoms with Crippen LogP contribution in [0.5, 0.6) is 0 Å². The summed E-state index contributed by atoms with van der Waals surface area (Å²) in [6.07, 6.45) is 0. The highest BCUT2D eigenvalue weighted by atomic mass is 35.5. The van der Waals surface area contributed by atoms with Gasteiger partial charge in [0.2, 0.25) is 5.91 Å². The predicted octanol–water partition coefficient (Wildman–Crippen LogP) is 4.75. The molecule has 3 rings (SSSR count). The van der Waals surface area contributed by atoms with Crippen molar-refractivity contribution in [2.45, 2.75) is 12.1 Å². The molecule has 5 nitrogen and oxygen atoms in total. The van der Waals surface area contributed by atoms with Crippen molar-refractivity contribution in [3.63, 3.8) is 0 Å². The van der Waals surface area contributed by atoms with E-state index in [9.17, 15) is 9.18 Å². The van der Waals surface area contributed by atoms with E-state index in [1.165, 1.54) is 23.9 Å². The molecule has 134 valence electrons. The number of nitrogens with one attached hydrogen (secondary N) is 1. The number of nitrogens with zero attached hydrogens (tertiary/aromatic N) is 3. The van der Waals surface area contributed by atoms with Gasteiger partial charge in [0.05, 0.1) is 15.8 Å². The van der Waals surface area contributed by atoms with E-state index in [-0.39, 0.29) is 17.5 Å². The van der Waals surface area contributed by atoms with Crippen LogP contribution in [-0.4, -0.2) is 26.4 Å². The highest BCUT2D eigenvalue weighted by molar-refractivity contribution is 7.99. The molecule has 0 aliphatic carbocycles. The SMILES string of the molecule is Cc1nnc(SCC(=O)Nc2ccc(Cl)c(Cl)c2)n1-c1ccc(F)cc1. The molecular weight excluding hydrogens is 398 g/mol. The van der Waals surface area contributed by atoms with Gasteiger partial charge < -0.3 is 5.32 Å². The average molecular weight is 411 g/mol. The van der Waals surface area contributed by atoms with Gasteiger partial charge in [-0.15, -0.1) is 10.2 Å². The van der Waals surface area contributed by atoms with Gasteiger partial charge in [0, 0.05) is 11.4 Å². The molecule has 0 unspecified atom stereocenters. The molecule has 0 atom stereocenters. The maximum atomic E-state index is 13.1. The standard InChI is InChI=1S/C17H13Cl2FN4OS/c1-10-22-23-17(24(10)13-5-2-11(20)3-6-13)26-9-16(25)21-12-4-7-14(18)15(19)8-12/h2-8H,9H2,1H3,(H,21,25). The topological polar surface area (TPSA) is 59.8 Å². The summed E-state index contributed by atoms with van der Waals surface area (Å²) in [6, 6.07) is 10.8. The minimum absolute atomic E-state index is 0.125. The number of aromatic nitrogens is 3. The quantitative estimate of drug-likeness (QED) is 0.616. The number of benzene rings is 2. The Morgan fingerprint density at radius 2 is 1.88 bits per heavy atom. The van der Waals surface area contributed by atoms with Gasteiger partial charge in [0.25, 0.3) is 0 Å². The molecule has 9 heteroatoms. The maximum absolute atomic E-state index is 13.1. The number of rotatable bonds is 5. The van der Waals surface area contributed by atoms with Crippen LogP contribution in [0.2, 0.25) is 10.0 Å². The van der Waals surface area contributed by atoms with E-state index in [0.717, 1.165) is 5.69 Å². The van der Waals surface area contributed by atoms with Gasteiger partial charge in [-0.3, -0.25) is 9.36 Å². The zero-order valence-corrected chi connectivity index (χ0v) is 15.9. The highest BCUT2D eigenvalue weighted by Gasteiger charge is 2.14.